The Balaban J connectivity index is 1.60. The van der Waals surface area contributed by atoms with Crippen molar-refractivity contribution in [2.24, 2.45) is 0 Å². The van der Waals surface area contributed by atoms with E-state index in [2.05, 4.69) is 66.7 Å². The van der Waals surface area contributed by atoms with Crippen molar-refractivity contribution < 1.29 is 4.39 Å². The molecule has 32 heavy (non-hydrogen) atoms. The zero-order valence-electron chi connectivity index (χ0n) is 19.2. The van der Waals surface area contributed by atoms with E-state index in [0.717, 1.165) is 23.5 Å². The molecule has 0 saturated heterocycles. The first-order chi connectivity index (χ1) is 15.6. The number of unbranched alkanes of at least 4 members (excludes halogenated alkanes) is 3. The molecule has 164 valence electrons. The number of aryl methyl sites for hydroxylation is 3. The summed E-state index contributed by atoms with van der Waals surface area (Å²) in [6.45, 7) is 6.53. The highest BCUT2D eigenvalue weighted by atomic mass is 19.1. The molecular formula is C29H31FN2. The van der Waals surface area contributed by atoms with Crippen LogP contribution >= 0.6 is 0 Å². The van der Waals surface area contributed by atoms with Crippen LogP contribution in [-0.2, 0) is 6.42 Å². The standard InChI is InChI=1S/C29H31FN2/c1-4-5-6-7-8-23-9-11-24(12-10-23)26-19-21(2)28(22(3)20-26)32-18-17-31-29(32)25-13-15-27(30)16-14-25/h9-20H,4-8H2,1-3H3. The number of hydrogen-bond acceptors (Lipinski definition) is 1. The first kappa shape index (κ1) is 22.0. The minimum absolute atomic E-state index is 0.240. The molecular weight excluding hydrogens is 395 g/mol. The van der Waals surface area contributed by atoms with Crippen LogP contribution in [0.1, 0.15) is 49.3 Å². The number of halogens is 1. The zero-order chi connectivity index (χ0) is 22.5. The van der Waals surface area contributed by atoms with Crippen molar-refractivity contribution in [1.29, 1.82) is 0 Å². The van der Waals surface area contributed by atoms with Gasteiger partial charge in [0.25, 0.3) is 0 Å². The topological polar surface area (TPSA) is 17.8 Å². The van der Waals surface area contributed by atoms with Crippen LogP contribution in [0.4, 0.5) is 4.39 Å². The van der Waals surface area contributed by atoms with Crippen LogP contribution in [0.25, 0.3) is 28.2 Å². The van der Waals surface area contributed by atoms with Gasteiger partial charge in [0, 0.05) is 18.0 Å². The number of nitrogens with zero attached hydrogens (tertiary/aromatic N) is 2. The minimum atomic E-state index is -0.240. The summed E-state index contributed by atoms with van der Waals surface area (Å²) in [5.41, 5.74) is 8.27. The molecule has 0 unspecified atom stereocenters. The number of rotatable bonds is 8. The lowest BCUT2D eigenvalue weighted by Crippen LogP contribution is -2.02. The van der Waals surface area contributed by atoms with E-state index in [1.807, 2.05) is 6.20 Å². The van der Waals surface area contributed by atoms with Crippen molar-refractivity contribution in [2.75, 3.05) is 0 Å². The van der Waals surface area contributed by atoms with Crippen molar-refractivity contribution in [3.05, 3.63) is 95.6 Å². The third kappa shape index (κ3) is 4.83. The van der Waals surface area contributed by atoms with Gasteiger partial charge in [0.2, 0.25) is 0 Å². The molecule has 2 nitrogen and oxygen atoms in total. The molecule has 0 fully saturated rings. The molecule has 0 bridgehead atoms. The first-order valence-electron chi connectivity index (χ1n) is 11.6. The van der Waals surface area contributed by atoms with E-state index in [0.29, 0.717) is 0 Å². The van der Waals surface area contributed by atoms with Crippen LogP contribution in [0.3, 0.4) is 0 Å². The zero-order valence-corrected chi connectivity index (χ0v) is 19.2. The summed E-state index contributed by atoms with van der Waals surface area (Å²) in [7, 11) is 0. The summed E-state index contributed by atoms with van der Waals surface area (Å²) in [6, 6.07) is 20.0. The summed E-state index contributed by atoms with van der Waals surface area (Å²) >= 11 is 0. The molecule has 0 aliphatic rings. The molecule has 0 atom stereocenters. The highest BCUT2D eigenvalue weighted by Gasteiger charge is 2.14. The van der Waals surface area contributed by atoms with Gasteiger partial charge in [-0.25, -0.2) is 9.37 Å². The molecule has 0 saturated carbocycles. The molecule has 4 rings (SSSR count). The van der Waals surface area contributed by atoms with E-state index in [-0.39, 0.29) is 5.82 Å². The number of aromatic nitrogens is 2. The van der Waals surface area contributed by atoms with Gasteiger partial charge in [-0.1, -0.05) is 50.5 Å². The second-order valence-electron chi connectivity index (χ2n) is 8.59. The molecule has 3 aromatic carbocycles. The Hall–Kier alpha value is -3.20. The third-order valence-corrected chi connectivity index (χ3v) is 6.08. The lowest BCUT2D eigenvalue weighted by molar-refractivity contribution is 0.628. The van der Waals surface area contributed by atoms with E-state index in [4.69, 9.17) is 0 Å². The maximum absolute atomic E-state index is 13.4. The molecule has 0 amide bonds. The Labute approximate surface area is 190 Å². The molecule has 0 aliphatic carbocycles. The quantitative estimate of drug-likeness (QED) is 0.260. The molecule has 0 N–H and O–H groups in total. The number of benzene rings is 3. The lowest BCUT2D eigenvalue weighted by Gasteiger charge is -2.16. The summed E-state index contributed by atoms with van der Waals surface area (Å²) in [5, 5.41) is 0. The van der Waals surface area contributed by atoms with Gasteiger partial charge in [-0.15, -0.1) is 0 Å². The first-order valence-corrected chi connectivity index (χ1v) is 11.6. The van der Waals surface area contributed by atoms with Crippen LogP contribution in [0.15, 0.2) is 73.1 Å². The molecule has 4 aromatic rings. The predicted molar refractivity (Wildman–Crippen MR) is 132 cm³/mol. The predicted octanol–water partition coefficient (Wildman–Crippen LogP) is 8.09. The van der Waals surface area contributed by atoms with Crippen molar-refractivity contribution in [2.45, 2.75) is 52.9 Å². The summed E-state index contributed by atoms with van der Waals surface area (Å²) < 4.78 is 15.5. The fourth-order valence-corrected chi connectivity index (χ4v) is 4.42. The Morgan fingerprint density at radius 1 is 0.781 bits per heavy atom. The molecule has 0 aliphatic heterocycles. The van der Waals surface area contributed by atoms with Crippen molar-refractivity contribution in [3.8, 4) is 28.2 Å². The van der Waals surface area contributed by atoms with Crippen molar-refractivity contribution in [1.82, 2.24) is 9.55 Å². The minimum Gasteiger partial charge on any atom is -0.299 e. The average Bonchev–Trinajstić information content (AvgIpc) is 3.26. The molecule has 0 radical (unpaired) electrons. The fourth-order valence-electron chi connectivity index (χ4n) is 4.42. The van der Waals surface area contributed by atoms with Gasteiger partial charge in [0.05, 0.1) is 5.69 Å². The smallest absolute Gasteiger partial charge is 0.144 e. The Bertz CT molecular complexity index is 1150. The molecule has 1 aromatic heterocycles. The average molecular weight is 427 g/mol. The monoisotopic (exact) mass is 426 g/mol. The van der Waals surface area contributed by atoms with Gasteiger partial charge in [-0.2, -0.15) is 0 Å². The highest BCUT2D eigenvalue weighted by molar-refractivity contribution is 5.70. The van der Waals surface area contributed by atoms with Crippen LogP contribution in [0, 0.1) is 19.7 Å². The van der Waals surface area contributed by atoms with Gasteiger partial charge < -0.3 is 0 Å². The van der Waals surface area contributed by atoms with Crippen LogP contribution < -0.4 is 0 Å². The SMILES string of the molecule is CCCCCCc1ccc(-c2cc(C)c(-n3ccnc3-c3ccc(F)cc3)c(C)c2)cc1. The number of imidazole rings is 1. The summed E-state index contributed by atoms with van der Waals surface area (Å²) in [5.74, 6) is 0.576. The number of hydrogen-bond donors (Lipinski definition) is 0. The van der Waals surface area contributed by atoms with E-state index in [1.54, 1.807) is 18.3 Å². The Morgan fingerprint density at radius 3 is 2.09 bits per heavy atom. The van der Waals surface area contributed by atoms with Crippen LogP contribution in [0.5, 0.6) is 0 Å². The van der Waals surface area contributed by atoms with Crippen molar-refractivity contribution >= 4 is 0 Å². The van der Waals surface area contributed by atoms with Gasteiger partial charge in [-0.3, -0.25) is 4.57 Å². The van der Waals surface area contributed by atoms with Crippen LogP contribution in [-0.4, -0.2) is 9.55 Å². The summed E-state index contributed by atoms with van der Waals surface area (Å²) in [6.07, 6.45) is 10.1. The van der Waals surface area contributed by atoms with Gasteiger partial charge in [0.15, 0.2) is 0 Å². The fraction of sp³-hybridized carbons (Fsp3) is 0.276. The van der Waals surface area contributed by atoms with E-state index < -0.39 is 0 Å². The van der Waals surface area contributed by atoms with Gasteiger partial charge in [-0.05, 0) is 90.9 Å². The third-order valence-electron chi connectivity index (χ3n) is 6.08. The second-order valence-corrected chi connectivity index (χ2v) is 8.59. The molecule has 1 heterocycles. The maximum Gasteiger partial charge on any atom is 0.144 e. The van der Waals surface area contributed by atoms with Gasteiger partial charge >= 0.3 is 0 Å². The molecule has 3 heteroatoms. The largest absolute Gasteiger partial charge is 0.299 e. The van der Waals surface area contributed by atoms with E-state index in [1.165, 1.54) is 65.6 Å². The normalized spacial score (nSPS) is 11.1. The Morgan fingerprint density at radius 2 is 1.44 bits per heavy atom. The van der Waals surface area contributed by atoms with Crippen molar-refractivity contribution in [3.63, 3.8) is 0 Å². The van der Waals surface area contributed by atoms with E-state index in [9.17, 15) is 4.39 Å². The van der Waals surface area contributed by atoms with E-state index >= 15 is 0 Å². The molecule has 0 spiro atoms. The highest BCUT2D eigenvalue weighted by Crippen LogP contribution is 2.31. The van der Waals surface area contributed by atoms with Crippen LogP contribution in [0.2, 0.25) is 0 Å². The maximum atomic E-state index is 13.4. The second kappa shape index (κ2) is 9.95. The summed E-state index contributed by atoms with van der Waals surface area (Å²) in [4.78, 5) is 4.54. The van der Waals surface area contributed by atoms with Gasteiger partial charge in [0.1, 0.15) is 11.6 Å². The lowest BCUT2D eigenvalue weighted by atomic mass is 9.97. The Kier molecular flexibility index (Phi) is 6.84.